The summed E-state index contributed by atoms with van der Waals surface area (Å²) in [4.78, 5) is 0.200. The molecule has 6 nitrogen and oxygen atoms in total. The Bertz CT molecular complexity index is 719. The van der Waals surface area contributed by atoms with Crippen LogP contribution in [0.5, 0.6) is 0 Å². The Morgan fingerprint density at radius 2 is 2.00 bits per heavy atom. The second kappa shape index (κ2) is 4.58. The predicted octanol–water partition coefficient (Wildman–Crippen LogP) is 1.42. The van der Waals surface area contributed by atoms with Crippen LogP contribution in [-0.2, 0) is 17.1 Å². The third kappa shape index (κ3) is 2.55. The maximum Gasteiger partial charge on any atom is 0.263 e. The molecule has 0 unspecified atom stereocenters. The Kier molecular flexibility index (Phi) is 3.23. The molecule has 1 aromatic carbocycles. The van der Waals surface area contributed by atoms with E-state index in [2.05, 4.69) is 9.82 Å². The summed E-state index contributed by atoms with van der Waals surface area (Å²) in [6, 6.07) is 6.67. The van der Waals surface area contributed by atoms with Crippen LogP contribution >= 0.6 is 0 Å². The second-order valence-electron chi connectivity index (χ2n) is 4.39. The summed E-state index contributed by atoms with van der Waals surface area (Å²) in [5, 5.41) is 4.07. The molecule has 0 aliphatic heterocycles. The van der Waals surface area contributed by atoms with E-state index in [1.807, 2.05) is 13.0 Å². The quantitative estimate of drug-likeness (QED) is 0.889. The van der Waals surface area contributed by atoms with E-state index in [1.54, 1.807) is 26.1 Å². The molecule has 0 aliphatic carbocycles. The van der Waals surface area contributed by atoms with Crippen molar-refractivity contribution in [3.05, 3.63) is 35.5 Å². The van der Waals surface area contributed by atoms with Crippen molar-refractivity contribution in [2.45, 2.75) is 18.7 Å². The number of anilines is 2. The molecule has 0 radical (unpaired) electrons. The molecule has 19 heavy (non-hydrogen) atoms. The molecule has 0 saturated heterocycles. The molecule has 0 amide bonds. The zero-order valence-electron chi connectivity index (χ0n) is 11.0. The first-order valence-electron chi connectivity index (χ1n) is 5.70. The normalized spacial score (nSPS) is 11.5. The van der Waals surface area contributed by atoms with Crippen LogP contribution in [0.3, 0.4) is 0 Å². The molecule has 0 atom stereocenters. The van der Waals surface area contributed by atoms with Gasteiger partial charge in [0.15, 0.2) is 5.82 Å². The highest BCUT2D eigenvalue weighted by Gasteiger charge is 2.19. The van der Waals surface area contributed by atoms with Gasteiger partial charge < -0.3 is 5.73 Å². The third-order valence-corrected chi connectivity index (χ3v) is 4.14. The van der Waals surface area contributed by atoms with E-state index in [9.17, 15) is 8.42 Å². The van der Waals surface area contributed by atoms with Crippen LogP contribution in [0.4, 0.5) is 11.5 Å². The summed E-state index contributed by atoms with van der Waals surface area (Å²) in [7, 11) is -2.02. The van der Waals surface area contributed by atoms with Gasteiger partial charge in [-0.2, -0.15) is 5.10 Å². The summed E-state index contributed by atoms with van der Waals surface area (Å²) in [6.07, 6.45) is 0. The molecule has 0 spiro atoms. The van der Waals surface area contributed by atoms with Gasteiger partial charge in [0, 0.05) is 7.05 Å². The molecule has 1 heterocycles. The van der Waals surface area contributed by atoms with Crippen LogP contribution in [0.2, 0.25) is 0 Å². The number of sulfonamides is 1. The largest absolute Gasteiger partial charge is 0.394 e. The van der Waals surface area contributed by atoms with E-state index >= 15 is 0 Å². The number of rotatable bonds is 3. The van der Waals surface area contributed by atoms with E-state index < -0.39 is 10.0 Å². The number of aryl methyl sites for hydroxylation is 3. The maximum absolute atomic E-state index is 12.3. The van der Waals surface area contributed by atoms with Gasteiger partial charge in [0.2, 0.25) is 0 Å². The van der Waals surface area contributed by atoms with Crippen molar-refractivity contribution >= 4 is 21.5 Å². The lowest BCUT2D eigenvalue weighted by Gasteiger charge is -2.09. The second-order valence-corrected chi connectivity index (χ2v) is 6.08. The maximum atomic E-state index is 12.3. The fraction of sp³-hybridized carbons (Fsp3) is 0.250. The summed E-state index contributed by atoms with van der Waals surface area (Å²) in [5.41, 5.74) is 7.60. The van der Waals surface area contributed by atoms with Gasteiger partial charge in [0.25, 0.3) is 10.0 Å². The molecule has 0 fully saturated rings. The number of hydrogen-bond donors (Lipinski definition) is 2. The van der Waals surface area contributed by atoms with Crippen molar-refractivity contribution in [2.75, 3.05) is 10.5 Å². The van der Waals surface area contributed by atoms with Crippen LogP contribution in [-0.4, -0.2) is 18.2 Å². The molecule has 3 N–H and O–H groups in total. The molecule has 0 aliphatic rings. The lowest BCUT2D eigenvalue weighted by molar-refractivity contribution is 0.600. The SMILES string of the molecule is Cc1cccc(S(=O)(=O)Nc2c(N)c(C)nn2C)c1. The Morgan fingerprint density at radius 1 is 1.32 bits per heavy atom. The van der Waals surface area contributed by atoms with Crippen LogP contribution in [0.15, 0.2) is 29.2 Å². The smallest absolute Gasteiger partial charge is 0.263 e. The van der Waals surface area contributed by atoms with Crippen LogP contribution in [0.1, 0.15) is 11.3 Å². The average Bonchev–Trinajstić information content (AvgIpc) is 2.56. The molecule has 2 aromatic rings. The van der Waals surface area contributed by atoms with Crippen molar-refractivity contribution < 1.29 is 8.42 Å². The fourth-order valence-electron chi connectivity index (χ4n) is 1.76. The zero-order valence-corrected chi connectivity index (χ0v) is 11.8. The Balaban J connectivity index is 2.42. The summed E-state index contributed by atoms with van der Waals surface area (Å²) < 4.78 is 28.4. The van der Waals surface area contributed by atoms with Crippen molar-refractivity contribution in [3.8, 4) is 0 Å². The molecule has 0 bridgehead atoms. The predicted molar refractivity (Wildman–Crippen MR) is 74.3 cm³/mol. The lowest BCUT2D eigenvalue weighted by Crippen LogP contribution is -2.16. The summed E-state index contributed by atoms with van der Waals surface area (Å²) in [5.74, 6) is 0.277. The zero-order chi connectivity index (χ0) is 14.2. The fourth-order valence-corrected chi connectivity index (χ4v) is 2.98. The first-order valence-corrected chi connectivity index (χ1v) is 7.18. The van der Waals surface area contributed by atoms with Crippen LogP contribution < -0.4 is 10.5 Å². The number of nitrogens with one attached hydrogen (secondary N) is 1. The lowest BCUT2D eigenvalue weighted by atomic mass is 10.2. The minimum Gasteiger partial charge on any atom is -0.394 e. The Morgan fingerprint density at radius 3 is 2.53 bits per heavy atom. The van der Waals surface area contributed by atoms with Crippen molar-refractivity contribution in [2.24, 2.45) is 7.05 Å². The highest BCUT2D eigenvalue weighted by atomic mass is 32.2. The number of nitrogen functional groups attached to an aromatic ring is 1. The number of hydrogen-bond acceptors (Lipinski definition) is 4. The van der Waals surface area contributed by atoms with E-state index in [0.29, 0.717) is 11.4 Å². The molecular formula is C12H16N4O2S. The highest BCUT2D eigenvalue weighted by molar-refractivity contribution is 7.92. The first kappa shape index (κ1) is 13.4. The molecule has 1 aromatic heterocycles. The van der Waals surface area contributed by atoms with Crippen LogP contribution in [0, 0.1) is 13.8 Å². The van der Waals surface area contributed by atoms with Gasteiger partial charge in [0.1, 0.15) is 0 Å². The van der Waals surface area contributed by atoms with Crippen molar-refractivity contribution in [1.82, 2.24) is 9.78 Å². The van der Waals surface area contributed by atoms with Gasteiger partial charge in [-0.25, -0.2) is 13.1 Å². The van der Waals surface area contributed by atoms with E-state index in [1.165, 1.54) is 10.7 Å². The van der Waals surface area contributed by atoms with Gasteiger partial charge in [-0.3, -0.25) is 4.72 Å². The Labute approximate surface area is 112 Å². The van der Waals surface area contributed by atoms with Gasteiger partial charge in [-0.15, -0.1) is 0 Å². The average molecular weight is 280 g/mol. The van der Waals surface area contributed by atoms with Crippen molar-refractivity contribution in [1.29, 1.82) is 0 Å². The monoisotopic (exact) mass is 280 g/mol. The summed E-state index contributed by atoms with van der Waals surface area (Å²) in [6.45, 7) is 3.56. The third-order valence-electron chi connectivity index (χ3n) is 2.80. The number of benzene rings is 1. The minimum atomic E-state index is -3.66. The van der Waals surface area contributed by atoms with Gasteiger partial charge in [-0.05, 0) is 31.5 Å². The van der Waals surface area contributed by atoms with E-state index in [0.717, 1.165) is 5.56 Å². The number of nitrogens with zero attached hydrogens (tertiary/aromatic N) is 2. The molecule has 2 rings (SSSR count). The van der Waals surface area contributed by atoms with Crippen molar-refractivity contribution in [3.63, 3.8) is 0 Å². The number of nitrogens with two attached hydrogens (primary N) is 1. The van der Waals surface area contributed by atoms with Crippen LogP contribution in [0.25, 0.3) is 0 Å². The molecule has 7 heteroatoms. The molecule has 0 saturated carbocycles. The minimum absolute atomic E-state index is 0.200. The molecule has 102 valence electrons. The van der Waals surface area contributed by atoms with Gasteiger partial charge in [0.05, 0.1) is 16.3 Å². The highest BCUT2D eigenvalue weighted by Crippen LogP contribution is 2.24. The van der Waals surface area contributed by atoms with Gasteiger partial charge >= 0.3 is 0 Å². The van der Waals surface area contributed by atoms with E-state index in [4.69, 9.17) is 5.73 Å². The number of aromatic nitrogens is 2. The first-order chi connectivity index (χ1) is 8.81. The van der Waals surface area contributed by atoms with E-state index in [-0.39, 0.29) is 10.7 Å². The Hall–Kier alpha value is -2.02. The summed E-state index contributed by atoms with van der Waals surface area (Å²) >= 11 is 0. The van der Waals surface area contributed by atoms with Gasteiger partial charge in [-0.1, -0.05) is 12.1 Å². The molecular weight excluding hydrogens is 264 g/mol. The standard InChI is InChI=1S/C12H16N4O2S/c1-8-5-4-6-10(7-8)19(17,18)15-12-11(13)9(2)14-16(12)3/h4-7,15H,13H2,1-3H3. The topological polar surface area (TPSA) is 90.0 Å².